The molecular weight excluding hydrogens is 256 g/mol. The first kappa shape index (κ1) is 15.1. The largest absolute Gasteiger partial charge is 0.497 e. The van der Waals surface area contributed by atoms with E-state index < -0.39 is 0 Å². The molecule has 0 aromatic heterocycles. The lowest BCUT2D eigenvalue weighted by Crippen LogP contribution is -2.39. The van der Waals surface area contributed by atoms with E-state index in [9.17, 15) is 0 Å². The highest BCUT2D eigenvalue weighted by Gasteiger charge is 2.38. The van der Waals surface area contributed by atoms with Crippen LogP contribution in [0.2, 0.25) is 0 Å². The fraction of sp³-hybridized carbons (Fsp3) is 0.600. The predicted molar refractivity (Wildman–Crippen MR) is 77.7 cm³/mol. The van der Waals surface area contributed by atoms with Crippen molar-refractivity contribution in [2.75, 3.05) is 20.8 Å². The Kier molecular flexibility index (Phi) is 5.23. The third kappa shape index (κ3) is 3.23. The van der Waals surface area contributed by atoms with Gasteiger partial charge in [-0.05, 0) is 37.8 Å². The lowest BCUT2D eigenvalue weighted by atomic mass is 9.97. The molecule has 0 spiro atoms. The van der Waals surface area contributed by atoms with Crippen molar-refractivity contribution < 1.29 is 14.2 Å². The second-order valence-corrected chi connectivity index (χ2v) is 5.01. The smallest absolute Gasteiger partial charge is 0.127 e. The number of rotatable bonds is 8. The molecule has 1 aliphatic rings. The molecule has 2 rings (SSSR count). The van der Waals surface area contributed by atoms with Gasteiger partial charge in [0.15, 0.2) is 0 Å². The van der Waals surface area contributed by atoms with Crippen LogP contribution in [-0.2, 0) is 4.74 Å². The Morgan fingerprint density at radius 1 is 1.30 bits per heavy atom. The van der Waals surface area contributed by atoms with Gasteiger partial charge in [-0.3, -0.25) is 11.3 Å². The Morgan fingerprint density at radius 3 is 2.55 bits per heavy atom. The molecular formula is C15H24N2O3. The molecule has 1 saturated carbocycles. The zero-order chi connectivity index (χ0) is 14.5. The molecule has 5 nitrogen and oxygen atoms in total. The minimum absolute atomic E-state index is 0.0762. The average Bonchev–Trinajstić information content (AvgIpc) is 3.31. The van der Waals surface area contributed by atoms with E-state index in [0.717, 1.165) is 17.1 Å². The third-order valence-corrected chi connectivity index (χ3v) is 3.73. The van der Waals surface area contributed by atoms with Crippen molar-refractivity contribution in [3.8, 4) is 11.5 Å². The van der Waals surface area contributed by atoms with Gasteiger partial charge in [-0.1, -0.05) is 0 Å². The molecule has 0 aliphatic heterocycles. The van der Waals surface area contributed by atoms with Gasteiger partial charge in [0.05, 0.1) is 26.4 Å². The van der Waals surface area contributed by atoms with Crippen molar-refractivity contribution in [2.24, 2.45) is 11.8 Å². The highest BCUT2D eigenvalue weighted by molar-refractivity contribution is 5.43. The summed E-state index contributed by atoms with van der Waals surface area (Å²) in [6.45, 7) is 2.69. The molecule has 0 bridgehead atoms. The number of hydrazine groups is 1. The number of benzene rings is 1. The molecule has 0 saturated heterocycles. The lowest BCUT2D eigenvalue weighted by Gasteiger charge is -2.28. The normalized spacial score (nSPS) is 17.6. The van der Waals surface area contributed by atoms with Gasteiger partial charge in [-0.2, -0.15) is 0 Å². The van der Waals surface area contributed by atoms with Crippen molar-refractivity contribution in [3.05, 3.63) is 23.8 Å². The molecule has 0 heterocycles. The number of methoxy groups -OCH3 is 2. The van der Waals surface area contributed by atoms with Crippen molar-refractivity contribution in [3.63, 3.8) is 0 Å². The summed E-state index contributed by atoms with van der Waals surface area (Å²) in [6, 6.07) is 5.69. The van der Waals surface area contributed by atoms with E-state index in [2.05, 4.69) is 5.43 Å². The van der Waals surface area contributed by atoms with Gasteiger partial charge in [-0.25, -0.2) is 0 Å². The molecule has 2 atom stereocenters. The summed E-state index contributed by atoms with van der Waals surface area (Å²) >= 11 is 0. The zero-order valence-electron chi connectivity index (χ0n) is 12.4. The minimum atomic E-state index is -0.0803. The summed E-state index contributed by atoms with van der Waals surface area (Å²) in [7, 11) is 3.29. The molecule has 112 valence electrons. The van der Waals surface area contributed by atoms with Gasteiger partial charge >= 0.3 is 0 Å². The van der Waals surface area contributed by atoms with E-state index in [1.807, 2.05) is 25.1 Å². The molecule has 1 aromatic rings. The second-order valence-electron chi connectivity index (χ2n) is 5.01. The molecule has 1 fully saturated rings. The molecule has 0 radical (unpaired) electrons. The van der Waals surface area contributed by atoms with Crippen LogP contribution >= 0.6 is 0 Å². The maximum Gasteiger partial charge on any atom is 0.127 e. The Hall–Kier alpha value is -1.30. The Balaban J connectivity index is 2.29. The Labute approximate surface area is 120 Å². The molecule has 1 aliphatic carbocycles. The maximum absolute atomic E-state index is 5.90. The van der Waals surface area contributed by atoms with Crippen molar-refractivity contribution in [1.29, 1.82) is 0 Å². The summed E-state index contributed by atoms with van der Waals surface area (Å²) in [5.41, 5.74) is 3.89. The molecule has 2 unspecified atom stereocenters. The molecule has 1 aromatic carbocycles. The van der Waals surface area contributed by atoms with Gasteiger partial charge < -0.3 is 14.2 Å². The highest BCUT2D eigenvalue weighted by atomic mass is 16.5. The van der Waals surface area contributed by atoms with Crippen LogP contribution in [0.4, 0.5) is 0 Å². The highest BCUT2D eigenvalue weighted by Crippen LogP contribution is 2.42. The standard InChI is InChI=1S/C15H24N2O3/c1-4-20-15(10-5-6-10)14(17-16)12-8-7-11(18-2)9-13(12)19-3/h7-10,14-15,17H,4-6,16H2,1-3H3. The number of hydrogen-bond donors (Lipinski definition) is 2. The van der Waals surface area contributed by atoms with Crippen molar-refractivity contribution in [1.82, 2.24) is 5.43 Å². The third-order valence-electron chi connectivity index (χ3n) is 3.73. The maximum atomic E-state index is 5.90. The van der Waals surface area contributed by atoms with E-state index in [4.69, 9.17) is 20.1 Å². The first-order chi connectivity index (χ1) is 9.74. The first-order valence-corrected chi connectivity index (χ1v) is 7.04. The van der Waals surface area contributed by atoms with Gasteiger partial charge in [0.25, 0.3) is 0 Å². The van der Waals surface area contributed by atoms with Crippen LogP contribution in [0, 0.1) is 5.92 Å². The fourth-order valence-corrected chi connectivity index (χ4v) is 2.56. The topological polar surface area (TPSA) is 65.7 Å². The lowest BCUT2D eigenvalue weighted by molar-refractivity contribution is 0.0179. The summed E-state index contributed by atoms with van der Waals surface area (Å²) in [5.74, 6) is 7.88. The molecule has 0 amide bonds. The SMILES string of the molecule is CCOC(C1CC1)C(NN)c1ccc(OC)cc1OC. The van der Waals surface area contributed by atoms with E-state index >= 15 is 0 Å². The van der Waals surface area contributed by atoms with E-state index in [-0.39, 0.29) is 12.1 Å². The van der Waals surface area contributed by atoms with Crippen LogP contribution in [0.15, 0.2) is 18.2 Å². The molecule has 5 heteroatoms. The van der Waals surface area contributed by atoms with Crippen LogP contribution in [0.5, 0.6) is 11.5 Å². The quantitative estimate of drug-likeness (QED) is 0.563. The van der Waals surface area contributed by atoms with Gasteiger partial charge in [0.1, 0.15) is 11.5 Å². The van der Waals surface area contributed by atoms with Crippen LogP contribution in [-0.4, -0.2) is 26.9 Å². The molecule has 3 N–H and O–H groups in total. The van der Waals surface area contributed by atoms with E-state index in [1.165, 1.54) is 12.8 Å². The Morgan fingerprint density at radius 2 is 2.05 bits per heavy atom. The van der Waals surface area contributed by atoms with Gasteiger partial charge in [0, 0.05) is 18.2 Å². The summed E-state index contributed by atoms with van der Waals surface area (Å²) in [6.07, 6.45) is 2.47. The van der Waals surface area contributed by atoms with Crippen LogP contribution in [0.1, 0.15) is 31.4 Å². The Bertz CT molecular complexity index is 435. The van der Waals surface area contributed by atoms with Gasteiger partial charge in [-0.15, -0.1) is 0 Å². The summed E-state index contributed by atoms with van der Waals surface area (Å²) in [4.78, 5) is 0. The monoisotopic (exact) mass is 280 g/mol. The number of ether oxygens (including phenoxy) is 3. The first-order valence-electron chi connectivity index (χ1n) is 7.04. The number of nitrogens with two attached hydrogens (primary N) is 1. The van der Waals surface area contributed by atoms with Gasteiger partial charge in [0.2, 0.25) is 0 Å². The van der Waals surface area contributed by atoms with Crippen molar-refractivity contribution >= 4 is 0 Å². The number of hydrogen-bond acceptors (Lipinski definition) is 5. The van der Waals surface area contributed by atoms with Crippen LogP contribution < -0.4 is 20.7 Å². The second kappa shape index (κ2) is 6.92. The summed E-state index contributed by atoms with van der Waals surface area (Å²) < 4.78 is 16.6. The predicted octanol–water partition coefficient (Wildman–Crippen LogP) is 2.02. The summed E-state index contributed by atoms with van der Waals surface area (Å²) in [5, 5.41) is 0. The van der Waals surface area contributed by atoms with Crippen LogP contribution in [0.25, 0.3) is 0 Å². The van der Waals surface area contributed by atoms with Crippen LogP contribution in [0.3, 0.4) is 0 Å². The van der Waals surface area contributed by atoms with Crippen molar-refractivity contribution in [2.45, 2.75) is 31.9 Å². The van der Waals surface area contributed by atoms with E-state index in [1.54, 1.807) is 14.2 Å². The van der Waals surface area contributed by atoms with E-state index in [0.29, 0.717) is 12.5 Å². The molecule has 20 heavy (non-hydrogen) atoms. The minimum Gasteiger partial charge on any atom is -0.497 e. The average molecular weight is 280 g/mol. The fourth-order valence-electron chi connectivity index (χ4n) is 2.56. The number of nitrogens with one attached hydrogen (secondary N) is 1. The zero-order valence-corrected chi connectivity index (χ0v) is 12.4.